The van der Waals surface area contributed by atoms with Crippen molar-refractivity contribution in [2.75, 3.05) is 4.72 Å². The van der Waals surface area contributed by atoms with E-state index in [0.717, 1.165) is 4.47 Å². The van der Waals surface area contributed by atoms with Gasteiger partial charge in [0.15, 0.2) is 0 Å². The van der Waals surface area contributed by atoms with Crippen LogP contribution in [0.1, 0.15) is 0 Å². The largest absolute Gasteiger partial charge is 0.264 e. The highest BCUT2D eigenvalue weighted by Crippen LogP contribution is 2.22. The predicted octanol–water partition coefficient (Wildman–Crippen LogP) is 3.30. The Morgan fingerprint density at radius 3 is 2.50 bits per heavy atom. The van der Waals surface area contributed by atoms with Gasteiger partial charge in [-0.2, -0.15) is 0 Å². The van der Waals surface area contributed by atoms with Gasteiger partial charge in [0.05, 0.1) is 5.02 Å². The van der Waals surface area contributed by atoms with Crippen LogP contribution < -0.4 is 4.72 Å². The number of halogens is 2. The third-order valence-electron chi connectivity index (χ3n) is 2.09. The summed E-state index contributed by atoms with van der Waals surface area (Å²) in [4.78, 5) is 3.96. The van der Waals surface area contributed by atoms with E-state index in [1.165, 1.54) is 18.3 Å². The predicted molar refractivity (Wildman–Crippen MR) is 74.2 cm³/mol. The molecule has 1 heterocycles. The van der Waals surface area contributed by atoms with Crippen LogP contribution >= 0.6 is 27.5 Å². The highest BCUT2D eigenvalue weighted by atomic mass is 79.9. The number of sulfonamides is 1. The molecule has 0 saturated carbocycles. The first-order valence-electron chi connectivity index (χ1n) is 4.88. The molecule has 0 aliphatic carbocycles. The zero-order valence-electron chi connectivity index (χ0n) is 8.97. The van der Waals surface area contributed by atoms with E-state index in [1.807, 2.05) is 0 Å². The van der Waals surface area contributed by atoms with Gasteiger partial charge >= 0.3 is 0 Å². The van der Waals surface area contributed by atoms with E-state index in [9.17, 15) is 8.42 Å². The van der Waals surface area contributed by atoms with Crippen LogP contribution in [0.15, 0.2) is 52.0 Å². The molecule has 2 aromatic rings. The van der Waals surface area contributed by atoms with E-state index < -0.39 is 10.0 Å². The van der Waals surface area contributed by atoms with Crippen molar-refractivity contribution >= 4 is 43.4 Å². The molecule has 0 atom stereocenters. The molecule has 0 aliphatic heterocycles. The van der Waals surface area contributed by atoms with Crippen molar-refractivity contribution in [2.24, 2.45) is 0 Å². The molecule has 2 rings (SSSR count). The number of rotatable bonds is 3. The number of anilines is 1. The Morgan fingerprint density at radius 2 is 1.89 bits per heavy atom. The molecule has 4 nitrogen and oxygen atoms in total. The second-order valence-electron chi connectivity index (χ2n) is 3.40. The van der Waals surface area contributed by atoms with Gasteiger partial charge in [-0.15, -0.1) is 0 Å². The molecule has 1 aromatic heterocycles. The fraction of sp³-hybridized carbons (Fsp3) is 0. The second kappa shape index (κ2) is 5.26. The monoisotopic (exact) mass is 346 g/mol. The molecule has 1 aromatic carbocycles. The number of nitrogens with one attached hydrogen (secondary N) is 1. The van der Waals surface area contributed by atoms with Crippen molar-refractivity contribution in [3.8, 4) is 0 Å². The van der Waals surface area contributed by atoms with Gasteiger partial charge in [-0.05, 0) is 40.2 Å². The highest BCUT2D eigenvalue weighted by molar-refractivity contribution is 9.10. The molecule has 0 bridgehead atoms. The van der Waals surface area contributed by atoms with Crippen LogP contribution in [-0.4, -0.2) is 13.4 Å². The van der Waals surface area contributed by atoms with Crippen molar-refractivity contribution in [2.45, 2.75) is 4.90 Å². The lowest BCUT2D eigenvalue weighted by Gasteiger charge is -2.08. The molecule has 0 saturated heterocycles. The summed E-state index contributed by atoms with van der Waals surface area (Å²) < 4.78 is 27.2. The van der Waals surface area contributed by atoms with Gasteiger partial charge in [0, 0.05) is 10.7 Å². The Labute approximate surface area is 118 Å². The lowest BCUT2D eigenvalue weighted by molar-refractivity contribution is 0.601. The topological polar surface area (TPSA) is 59.1 Å². The minimum absolute atomic E-state index is 0.0244. The standard InChI is InChI=1S/C11H8BrClN2O2S/c12-8-5-6-11(14-7-8)15-18(16,17)10-4-2-1-3-9(10)13/h1-7H,(H,14,15). The van der Waals surface area contributed by atoms with Crippen molar-refractivity contribution in [1.82, 2.24) is 4.98 Å². The maximum atomic E-state index is 12.1. The number of hydrogen-bond acceptors (Lipinski definition) is 3. The number of hydrogen-bond donors (Lipinski definition) is 1. The molecule has 7 heteroatoms. The molecule has 0 aliphatic rings. The summed E-state index contributed by atoms with van der Waals surface area (Å²) in [6.45, 7) is 0. The van der Waals surface area contributed by atoms with E-state index in [2.05, 4.69) is 25.6 Å². The van der Waals surface area contributed by atoms with Crippen LogP contribution in [0.4, 0.5) is 5.82 Å². The van der Waals surface area contributed by atoms with Gasteiger partial charge in [-0.3, -0.25) is 4.72 Å². The maximum Gasteiger partial charge on any atom is 0.264 e. The molecule has 0 fully saturated rings. The van der Waals surface area contributed by atoms with Crippen LogP contribution in [0.2, 0.25) is 5.02 Å². The zero-order valence-corrected chi connectivity index (χ0v) is 12.1. The minimum atomic E-state index is -3.72. The first-order chi connectivity index (χ1) is 8.49. The summed E-state index contributed by atoms with van der Waals surface area (Å²) in [7, 11) is -3.72. The molecular formula is C11H8BrClN2O2S. The average molecular weight is 348 g/mol. The Kier molecular flexibility index (Phi) is 3.89. The molecule has 18 heavy (non-hydrogen) atoms. The number of benzene rings is 1. The van der Waals surface area contributed by atoms with Gasteiger partial charge in [0.25, 0.3) is 10.0 Å². The summed E-state index contributed by atoms with van der Waals surface area (Å²) in [6.07, 6.45) is 1.50. The zero-order chi connectivity index (χ0) is 13.2. The van der Waals surface area contributed by atoms with Crippen LogP contribution in [-0.2, 0) is 10.0 Å². The van der Waals surface area contributed by atoms with Crippen molar-refractivity contribution in [3.63, 3.8) is 0 Å². The van der Waals surface area contributed by atoms with Gasteiger partial charge in [0.1, 0.15) is 10.7 Å². The third kappa shape index (κ3) is 3.01. The summed E-state index contributed by atoms with van der Waals surface area (Å²) in [5, 5.41) is 0.169. The first-order valence-corrected chi connectivity index (χ1v) is 7.53. The van der Waals surface area contributed by atoms with Crippen molar-refractivity contribution in [1.29, 1.82) is 0 Å². The van der Waals surface area contributed by atoms with Gasteiger partial charge in [-0.25, -0.2) is 13.4 Å². The van der Waals surface area contributed by atoms with Gasteiger partial charge < -0.3 is 0 Å². The molecule has 94 valence electrons. The summed E-state index contributed by atoms with van der Waals surface area (Å²) >= 11 is 9.07. The molecule has 0 unspecified atom stereocenters. The first kappa shape index (κ1) is 13.3. The summed E-state index contributed by atoms with van der Waals surface area (Å²) in [5.74, 6) is 0.234. The summed E-state index contributed by atoms with van der Waals surface area (Å²) in [5.41, 5.74) is 0. The third-order valence-corrected chi connectivity index (χ3v) is 4.42. The Hall–Kier alpha value is -1.11. The smallest absolute Gasteiger partial charge is 0.263 e. The number of pyridine rings is 1. The van der Waals surface area contributed by atoms with E-state index in [4.69, 9.17) is 11.6 Å². The Bertz CT molecular complexity index is 659. The minimum Gasteiger partial charge on any atom is -0.263 e. The van der Waals surface area contributed by atoms with Gasteiger partial charge in [-0.1, -0.05) is 23.7 Å². The SMILES string of the molecule is O=S(=O)(Nc1ccc(Br)cn1)c1ccccc1Cl. The van der Waals surface area contributed by atoms with Crippen LogP contribution in [0.25, 0.3) is 0 Å². The Morgan fingerprint density at radius 1 is 1.17 bits per heavy atom. The fourth-order valence-corrected chi connectivity index (χ4v) is 3.06. The molecule has 0 spiro atoms. The van der Waals surface area contributed by atoms with Crippen LogP contribution in [0.3, 0.4) is 0 Å². The maximum absolute atomic E-state index is 12.1. The van der Waals surface area contributed by atoms with Gasteiger partial charge in [0.2, 0.25) is 0 Å². The van der Waals surface area contributed by atoms with E-state index in [1.54, 1.807) is 24.3 Å². The van der Waals surface area contributed by atoms with Crippen LogP contribution in [0, 0.1) is 0 Å². The highest BCUT2D eigenvalue weighted by Gasteiger charge is 2.17. The quantitative estimate of drug-likeness (QED) is 0.927. The van der Waals surface area contributed by atoms with E-state index in [-0.39, 0.29) is 15.7 Å². The molecular weight excluding hydrogens is 340 g/mol. The van der Waals surface area contributed by atoms with Crippen LogP contribution in [0.5, 0.6) is 0 Å². The van der Waals surface area contributed by atoms with Crippen molar-refractivity contribution < 1.29 is 8.42 Å². The average Bonchev–Trinajstić information content (AvgIpc) is 2.32. The number of nitrogens with zero attached hydrogens (tertiary/aromatic N) is 1. The molecule has 0 radical (unpaired) electrons. The second-order valence-corrected chi connectivity index (χ2v) is 6.37. The molecule has 1 N–H and O–H groups in total. The van der Waals surface area contributed by atoms with Crippen molar-refractivity contribution in [3.05, 3.63) is 52.1 Å². The van der Waals surface area contributed by atoms with E-state index in [0.29, 0.717) is 0 Å². The normalized spacial score (nSPS) is 11.2. The Balaban J connectivity index is 2.33. The fourth-order valence-electron chi connectivity index (χ4n) is 1.29. The van der Waals surface area contributed by atoms with E-state index >= 15 is 0 Å². The lowest BCUT2D eigenvalue weighted by Crippen LogP contribution is -2.14. The molecule has 0 amide bonds. The lowest BCUT2D eigenvalue weighted by atomic mass is 10.4. The summed E-state index contributed by atoms with van der Waals surface area (Å²) in [6, 6.07) is 9.47. The number of aromatic nitrogens is 1.